The third-order valence-corrected chi connectivity index (χ3v) is 6.02. The largest absolute Gasteiger partial charge is 0.352 e. The molecule has 3 rings (SSSR count). The van der Waals surface area contributed by atoms with Gasteiger partial charge in [0.15, 0.2) is 0 Å². The van der Waals surface area contributed by atoms with E-state index in [-0.39, 0.29) is 24.2 Å². The van der Waals surface area contributed by atoms with Gasteiger partial charge in [-0.2, -0.15) is 0 Å². The second-order valence-electron chi connectivity index (χ2n) is 7.84. The molecule has 160 valence electrons. The molecule has 5 heteroatoms. The molecule has 2 aromatic carbocycles. The van der Waals surface area contributed by atoms with Crippen LogP contribution in [0.5, 0.6) is 0 Å². The first kappa shape index (κ1) is 22.0. The number of aryl methyl sites for hydroxylation is 1. The molecule has 0 spiro atoms. The number of hydrogen-bond donors (Lipinski definition) is 1. The number of nitrogens with zero attached hydrogens (tertiary/aromatic N) is 2. The molecule has 1 N–H and O–H groups in total. The monoisotopic (exact) mass is 407 g/mol. The number of hydrogen-bond acceptors (Lipinski definition) is 3. The SMILES string of the molecule is CCc1ccccc1N1CC(C(=O)NCc2ccccc2CN(CC)CC)CC1=O. The van der Waals surface area contributed by atoms with Crippen LogP contribution in [0.25, 0.3) is 0 Å². The maximum Gasteiger partial charge on any atom is 0.227 e. The van der Waals surface area contributed by atoms with Gasteiger partial charge in [-0.25, -0.2) is 0 Å². The summed E-state index contributed by atoms with van der Waals surface area (Å²) in [6.45, 7) is 10.2. The normalized spacial score (nSPS) is 16.3. The standard InChI is InChI=1S/C25H33N3O2/c1-4-19-11-9-10-14-23(19)28-18-22(15-24(28)29)25(30)26-16-20-12-7-8-13-21(20)17-27(5-2)6-3/h7-14,22H,4-6,15-18H2,1-3H3,(H,26,30). The maximum atomic E-state index is 12.8. The highest BCUT2D eigenvalue weighted by molar-refractivity contribution is 6.00. The van der Waals surface area contributed by atoms with Gasteiger partial charge in [-0.3, -0.25) is 14.5 Å². The van der Waals surface area contributed by atoms with Gasteiger partial charge in [-0.1, -0.05) is 63.2 Å². The fourth-order valence-corrected chi connectivity index (χ4v) is 4.09. The van der Waals surface area contributed by atoms with Crippen LogP contribution in [0.15, 0.2) is 48.5 Å². The molecule has 2 amide bonds. The summed E-state index contributed by atoms with van der Waals surface area (Å²) < 4.78 is 0. The number of carbonyl (C=O) groups excluding carboxylic acids is 2. The van der Waals surface area contributed by atoms with Crippen molar-refractivity contribution in [2.45, 2.75) is 46.7 Å². The number of carbonyl (C=O) groups is 2. The fraction of sp³-hybridized carbons (Fsp3) is 0.440. The predicted molar refractivity (Wildman–Crippen MR) is 121 cm³/mol. The van der Waals surface area contributed by atoms with E-state index in [0.29, 0.717) is 13.1 Å². The lowest BCUT2D eigenvalue weighted by Crippen LogP contribution is -2.33. The minimum Gasteiger partial charge on any atom is -0.352 e. The Morgan fingerprint density at radius 1 is 1.00 bits per heavy atom. The van der Waals surface area contributed by atoms with Crippen molar-refractivity contribution < 1.29 is 9.59 Å². The number of anilines is 1. The van der Waals surface area contributed by atoms with Crippen molar-refractivity contribution in [2.75, 3.05) is 24.5 Å². The molecule has 1 unspecified atom stereocenters. The van der Waals surface area contributed by atoms with Crippen molar-refractivity contribution in [2.24, 2.45) is 5.92 Å². The quantitative estimate of drug-likeness (QED) is 0.689. The molecule has 0 radical (unpaired) electrons. The highest BCUT2D eigenvalue weighted by Gasteiger charge is 2.35. The van der Waals surface area contributed by atoms with Crippen LogP contribution in [0.2, 0.25) is 0 Å². The maximum absolute atomic E-state index is 12.8. The van der Waals surface area contributed by atoms with E-state index in [9.17, 15) is 9.59 Å². The van der Waals surface area contributed by atoms with Gasteiger partial charge in [-0.15, -0.1) is 0 Å². The zero-order chi connectivity index (χ0) is 21.5. The lowest BCUT2D eigenvalue weighted by atomic mass is 10.1. The van der Waals surface area contributed by atoms with Crippen molar-refractivity contribution in [1.29, 1.82) is 0 Å². The first-order chi connectivity index (χ1) is 14.6. The van der Waals surface area contributed by atoms with Crippen LogP contribution in [-0.2, 0) is 29.1 Å². The molecular formula is C25H33N3O2. The lowest BCUT2D eigenvalue weighted by molar-refractivity contribution is -0.126. The van der Waals surface area contributed by atoms with E-state index < -0.39 is 0 Å². The smallest absolute Gasteiger partial charge is 0.227 e. The molecule has 2 aromatic rings. The van der Waals surface area contributed by atoms with Crippen molar-refractivity contribution in [1.82, 2.24) is 10.2 Å². The molecule has 1 aliphatic heterocycles. The van der Waals surface area contributed by atoms with Gasteiger partial charge >= 0.3 is 0 Å². The number of nitrogens with one attached hydrogen (secondary N) is 1. The van der Waals surface area contributed by atoms with Gasteiger partial charge in [0.1, 0.15) is 0 Å². The topological polar surface area (TPSA) is 52.7 Å². The summed E-state index contributed by atoms with van der Waals surface area (Å²) >= 11 is 0. The Bertz CT molecular complexity index is 876. The van der Waals surface area contributed by atoms with E-state index in [0.717, 1.165) is 42.9 Å². The Kier molecular flexibility index (Phi) is 7.63. The molecule has 1 saturated heterocycles. The van der Waals surface area contributed by atoms with Gasteiger partial charge < -0.3 is 10.2 Å². The highest BCUT2D eigenvalue weighted by Crippen LogP contribution is 2.28. The first-order valence-electron chi connectivity index (χ1n) is 11.0. The molecule has 1 fully saturated rings. The fourth-order valence-electron chi connectivity index (χ4n) is 4.09. The van der Waals surface area contributed by atoms with Crippen molar-refractivity contribution in [3.8, 4) is 0 Å². The number of para-hydroxylation sites is 1. The molecule has 0 aliphatic carbocycles. The van der Waals surface area contributed by atoms with Gasteiger partial charge in [0, 0.05) is 31.7 Å². The molecule has 1 heterocycles. The molecular weight excluding hydrogens is 374 g/mol. The summed E-state index contributed by atoms with van der Waals surface area (Å²) in [5, 5.41) is 3.08. The number of benzene rings is 2. The van der Waals surface area contributed by atoms with Crippen molar-refractivity contribution in [3.63, 3.8) is 0 Å². The van der Waals surface area contributed by atoms with Crippen LogP contribution >= 0.6 is 0 Å². The summed E-state index contributed by atoms with van der Waals surface area (Å²) in [7, 11) is 0. The van der Waals surface area contributed by atoms with E-state index in [1.165, 1.54) is 5.56 Å². The Morgan fingerprint density at radius 2 is 1.63 bits per heavy atom. The average molecular weight is 408 g/mol. The van der Waals surface area contributed by atoms with Crippen molar-refractivity contribution >= 4 is 17.5 Å². The van der Waals surface area contributed by atoms with E-state index in [4.69, 9.17) is 0 Å². The molecule has 5 nitrogen and oxygen atoms in total. The van der Waals surface area contributed by atoms with Crippen LogP contribution in [0, 0.1) is 5.92 Å². The van der Waals surface area contributed by atoms with Crippen molar-refractivity contribution in [3.05, 3.63) is 65.2 Å². The van der Waals surface area contributed by atoms with Crippen LogP contribution in [0.3, 0.4) is 0 Å². The third-order valence-electron chi connectivity index (χ3n) is 6.02. The summed E-state index contributed by atoms with van der Waals surface area (Å²) in [4.78, 5) is 29.6. The summed E-state index contributed by atoms with van der Waals surface area (Å²) in [6, 6.07) is 16.2. The summed E-state index contributed by atoms with van der Waals surface area (Å²) in [6.07, 6.45) is 1.13. The van der Waals surface area contributed by atoms with Gasteiger partial charge in [0.2, 0.25) is 11.8 Å². The Hall–Kier alpha value is -2.66. The second kappa shape index (κ2) is 10.4. The summed E-state index contributed by atoms with van der Waals surface area (Å²) in [5.41, 5.74) is 4.44. The Labute approximate surface area is 180 Å². The van der Waals surface area contributed by atoms with Crippen LogP contribution < -0.4 is 10.2 Å². The van der Waals surface area contributed by atoms with E-state index >= 15 is 0 Å². The minimum absolute atomic E-state index is 0.0259. The zero-order valence-electron chi connectivity index (χ0n) is 18.4. The van der Waals surface area contributed by atoms with Gasteiger partial charge in [-0.05, 0) is 42.3 Å². The zero-order valence-corrected chi connectivity index (χ0v) is 18.4. The molecule has 1 aliphatic rings. The molecule has 1 atom stereocenters. The molecule has 30 heavy (non-hydrogen) atoms. The van der Waals surface area contributed by atoms with Gasteiger partial charge in [0.25, 0.3) is 0 Å². The lowest BCUT2D eigenvalue weighted by Gasteiger charge is -2.21. The van der Waals surface area contributed by atoms with Crippen LogP contribution in [0.1, 0.15) is 43.9 Å². The van der Waals surface area contributed by atoms with Gasteiger partial charge in [0.05, 0.1) is 5.92 Å². The molecule has 0 saturated carbocycles. The van der Waals surface area contributed by atoms with E-state index in [2.05, 4.69) is 43.1 Å². The minimum atomic E-state index is -0.308. The Morgan fingerprint density at radius 3 is 2.30 bits per heavy atom. The van der Waals surface area contributed by atoms with Crippen LogP contribution in [0.4, 0.5) is 5.69 Å². The van der Waals surface area contributed by atoms with Crippen LogP contribution in [-0.4, -0.2) is 36.3 Å². The predicted octanol–water partition coefficient (Wildman–Crippen LogP) is 3.76. The highest BCUT2D eigenvalue weighted by atomic mass is 16.2. The molecule has 0 aromatic heterocycles. The van der Waals surface area contributed by atoms with E-state index in [1.807, 2.05) is 36.4 Å². The average Bonchev–Trinajstić information content (AvgIpc) is 3.17. The first-order valence-corrected chi connectivity index (χ1v) is 11.0. The number of rotatable bonds is 9. The summed E-state index contributed by atoms with van der Waals surface area (Å²) in [5.74, 6) is -0.326. The third kappa shape index (κ3) is 5.08. The molecule has 0 bridgehead atoms. The van der Waals surface area contributed by atoms with E-state index in [1.54, 1.807) is 4.90 Å². The Balaban J connectivity index is 1.63. The number of amides is 2. The second-order valence-corrected chi connectivity index (χ2v) is 7.84.